The zero-order valence-corrected chi connectivity index (χ0v) is 12.4. The summed E-state index contributed by atoms with van der Waals surface area (Å²) in [6.45, 7) is 4.60. The molecule has 1 aliphatic heterocycles. The first-order chi connectivity index (χ1) is 9.33. The predicted octanol–water partition coefficient (Wildman–Crippen LogP) is 4.53. The van der Waals surface area contributed by atoms with E-state index in [-0.39, 0.29) is 7.92 Å². The van der Waals surface area contributed by atoms with Crippen LogP contribution >= 0.6 is 7.92 Å². The van der Waals surface area contributed by atoms with Crippen molar-refractivity contribution >= 4 is 13.2 Å². The first-order valence-corrected chi connectivity index (χ1v) is 8.67. The van der Waals surface area contributed by atoms with Crippen LogP contribution in [0.25, 0.3) is 0 Å². The Kier molecular flexibility index (Phi) is 3.57. The Morgan fingerprint density at radius 1 is 0.947 bits per heavy atom. The highest BCUT2D eigenvalue weighted by atomic mass is 31.1. The van der Waals surface area contributed by atoms with Gasteiger partial charge in [0.05, 0.1) is 0 Å². The van der Waals surface area contributed by atoms with Crippen molar-refractivity contribution in [2.45, 2.75) is 20.3 Å². The molecule has 0 amide bonds. The molecule has 0 unspecified atom stereocenters. The summed E-state index contributed by atoms with van der Waals surface area (Å²) in [6, 6.07) is 14.9. The van der Waals surface area contributed by atoms with Crippen LogP contribution < -0.4 is 10.0 Å². The van der Waals surface area contributed by atoms with Gasteiger partial charge in [0.25, 0.3) is 0 Å². The highest BCUT2D eigenvalue weighted by Gasteiger charge is 2.21. The number of benzene rings is 2. The van der Waals surface area contributed by atoms with Gasteiger partial charge in [-0.2, -0.15) is 0 Å². The fraction of sp³-hybridized carbons (Fsp3) is 0.294. The van der Waals surface area contributed by atoms with Crippen LogP contribution in [0, 0.1) is 0 Å². The standard InChI is InChI=1S/C17H19OP/c1-3-19(4-2)17-11-7-10-16-14(17)12-13-8-5-6-9-15(13)18-16/h5-11H,3-4,12H2,1-2H3. The number of rotatable bonds is 3. The topological polar surface area (TPSA) is 9.23 Å². The molecular formula is C17H19OP. The molecule has 2 heteroatoms. The van der Waals surface area contributed by atoms with Crippen LogP contribution in [0.5, 0.6) is 11.5 Å². The highest BCUT2D eigenvalue weighted by molar-refractivity contribution is 7.65. The minimum Gasteiger partial charge on any atom is -0.457 e. The Morgan fingerprint density at radius 2 is 1.68 bits per heavy atom. The molecule has 0 aliphatic carbocycles. The summed E-state index contributed by atoms with van der Waals surface area (Å²) in [7, 11) is -0.0353. The summed E-state index contributed by atoms with van der Waals surface area (Å²) in [5, 5.41) is 1.53. The van der Waals surface area contributed by atoms with Crippen molar-refractivity contribution in [2.75, 3.05) is 12.3 Å². The van der Waals surface area contributed by atoms with Crippen molar-refractivity contribution in [3.63, 3.8) is 0 Å². The summed E-state index contributed by atoms with van der Waals surface area (Å²) in [6.07, 6.45) is 3.52. The number of ether oxygens (including phenoxy) is 1. The average Bonchev–Trinajstić information content (AvgIpc) is 2.46. The van der Waals surface area contributed by atoms with E-state index >= 15 is 0 Å². The molecule has 0 aromatic heterocycles. The van der Waals surface area contributed by atoms with Gasteiger partial charge in [0.1, 0.15) is 11.5 Å². The van der Waals surface area contributed by atoms with E-state index < -0.39 is 0 Å². The van der Waals surface area contributed by atoms with E-state index in [4.69, 9.17) is 4.74 Å². The number of hydrogen-bond acceptors (Lipinski definition) is 1. The molecule has 3 rings (SSSR count). The van der Waals surface area contributed by atoms with Crippen LogP contribution in [0.4, 0.5) is 0 Å². The van der Waals surface area contributed by atoms with Gasteiger partial charge in [-0.3, -0.25) is 0 Å². The Morgan fingerprint density at radius 3 is 2.47 bits per heavy atom. The summed E-state index contributed by atoms with van der Waals surface area (Å²) in [5.41, 5.74) is 2.72. The number of fused-ring (bicyclic) bond motifs is 2. The summed E-state index contributed by atoms with van der Waals surface area (Å²) < 4.78 is 6.07. The van der Waals surface area contributed by atoms with Gasteiger partial charge < -0.3 is 4.74 Å². The third kappa shape index (κ3) is 2.28. The number of para-hydroxylation sites is 1. The fourth-order valence-corrected chi connectivity index (χ4v) is 4.74. The van der Waals surface area contributed by atoms with Gasteiger partial charge in [-0.15, -0.1) is 0 Å². The lowest BCUT2D eigenvalue weighted by Crippen LogP contribution is -2.15. The molecule has 0 radical (unpaired) electrons. The van der Waals surface area contributed by atoms with E-state index in [0.29, 0.717) is 0 Å². The second kappa shape index (κ2) is 5.35. The smallest absolute Gasteiger partial charge is 0.131 e. The van der Waals surface area contributed by atoms with E-state index in [1.807, 2.05) is 6.07 Å². The summed E-state index contributed by atoms with van der Waals surface area (Å²) in [4.78, 5) is 0. The highest BCUT2D eigenvalue weighted by Crippen LogP contribution is 2.41. The third-order valence-electron chi connectivity index (χ3n) is 3.77. The molecule has 98 valence electrons. The van der Waals surface area contributed by atoms with Crippen LogP contribution in [0.15, 0.2) is 42.5 Å². The summed E-state index contributed by atoms with van der Waals surface area (Å²) >= 11 is 0. The normalized spacial score (nSPS) is 12.8. The van der Waals surface area contributed by atoms with Crippen LogP contribution in [0.1, 0.15) is 25.0 Å². The van der Waals surface area contributed by atoms with E-state index in [0.717, 1.165) is 17.9 Å². The molecule has 0 bridgehead atoms. The van der Waals surface area contributed by atoms with Gasteiger partial charge in [0, 0.05) is 12.0 Å². The molecule has 19 heavy (non-hydrogen) atoms. The zero-order valence-electron chi connectivity index (χ0n) is 11.5. The molecule has 2 aromatic carbocycles. The van der Waals surface area contributed by atoms with Crippen molar-refractivity contribution in [3.05, 3.63) is 53.6 Å². The van der Waals surface area contributed by atoms with Crippen molar-refractivity contribution in [2.24, 2.45) is 0 Å². The van der Waals surface area contributed by atoms with E-state index in [1.165, 1.54) is 28.8 Å². The van der Waals surface area contributed by atoms with Gasteiger partial charge in [0.15, 0.2) is 0 Å². The lowest BCUT2D eigenvalue weighted by atomic mass is 10.0. The van der Waals surface area contributed by atoms with Crippen molar-refractivity contribution in [1.29, 1.82) is 0 Å². The molecule has 1 aliphatic rings. The Labute approximate surface area is 116 Å². The maximum Gasteiger partial charge on any atom is 0.131 e. The fourth-order valence-electron chi connectivity index (χ4n) is 2.75. The van der Waals surface area contributed by atoms with Crippen LogP contribution in [0.3, 0.4) is 0 Å². The first-order valence-electron chi connectivity index (χ1n) is 6.96. The average molecular weight is 270 g/mol. The third-order valence-corrected chi connectivity index (χ3v) is 6.40. The summed E-state index contributed by atoms with van der Waals surface area (Å²) in [5.74, 6) is 2.08. The molecule has 1 heterocycles. The van der Waals surface area contributed by atoms with Gasteiger partial charge in [0.2, 0.25) is 0 Å². The first kappa shape index (κ1) is 12.7. The SMILES string of the molecule is CCP(CC)c1cccc2c1Cc1ccccc1O2. The molecule has 0 atom stereocenters. The molecule has 0 saturated heterocycles. The minimum absolute atomic E-state index is 0.0353. The molecular weight excluding hydrogens is 251 g/mol. The molecule has 1 nitrogen and oxygen atoms in total. The Balaban J connectivity index is 2.06. The van der Waals surface area contributed by atoms with Gasteiger partial charge >= 0.3 is 0 Å². The second-order valence-corrected chi connectivity index (χ2v) is 7.64. The van der Waals surface area contributed by atoms with Crippen LogP contribution in [-0.4, -0.2) is 12.3 Å². The second-order valence-electron chi connectivity index (χ2n) is 4.81. The number of hydrogen-bond donors (Lipinski definition) is 0. The van der Waals surface area contributed by atoms with E-state index in [2.05, 4.69) is 50.2 Å². The minimum atomic E-state index is -0.0353. The van der Waals surface area contributed by atoms with Crippen molar-refractivity contribution in [1.82, 2.24) is 0 Å². The molecule has 0 spiro atoms. The van der Waals surface area contributed by atoms with Gasteiger partial charge in [-0.1, -0.05) is 52.1 Å². The van der Waals surface area contributed by atoms with E-state index in [9.17, 15) is 0 Å². The largest absolute Gasteiger partial charge is 0.457 e. The van der Waals surface area contributed by atoms with Gasteiger partial charge in [-0.25, -0.2) is 0 Å². The molecule has 2 aromatic rings. The molecule has 0 N–H and O–H groups in total. The monoisotopic (exact) mass is 270 g/mol. The van der Waals surface area contributed by atoms with Crippen molar-refractivity contribution in [3.8, 4) is 11.5 Å². The van der Waals surface area contributed by atoms with Gasteiger partial charge in [-0.05, 0) is 35.3 Å². The quantitative estimate of drug-likeness (QED) is 0.635. The Bertz CT molecular complexity index is 588. The van der Waals surface area contributed by atoms with Crippen LogP contribution in [-0.2, 0) is 6.42 Å². The molecule has 0 saturated carbocycles. The zero-order chi connectivity index (χ0) is 13.2. The van der Waals surface area contributed by atoms with E-state index in [1.54, 1.807) is 0 Å². The maximum absolute atomic E-state index is 6.07. The Hall–Kier alpha value is -1.33. The van der Waals surface area contributed by atoms with Crippen LogP contribution in [0.2, 0.25) is 0 Å². The lowest BCUT2D eigenvalue weighted by Gasteiger charge is -2.25. The van der Waals surface area contributed by atoms with Crippen molar-refractivity contribution < 1.29 is 4.74 Å². The maximum atomic E-state index is 6.07. The predicted molar refractivity (Wildman–Crippen MR) is 83.4 cm³/mol. The molecule has 0 fully saturated rings. The lowest BCUT2D eigenvalue weighted by molar-refractivity contribution is 0.461.